The van der Waals surface area contributed by atoms with Gasteiger partial charge < -0.3 is 21.3 Å². The van der Waals surface area contributed by atoms with Crippen LogP contribution in [-0.4, -0.2) is 28.8 Å². The Morgan fingerprint density at radius 2 is 2.27 bits per heavy atom. The average molecular weight is 210 g/mol. The van der Waals surface area contributed by atoms with E-state index in [4.69, 9.17) is 10.8 Å². The van der Waals surface area contributed by atoms with E-state index in [1.165, 1.54) is 18.2 Å². The first kappa shape index (κ1) is 11.3. The van der Waals surface area contributed by atoms with Crippen LogP contribution >= 0.6 is 0 Å². The van der Waals surface area contributed by atoms with Crippen LogP contribution in [0.3, 0.4) is 0 Å². The van der Waals surface area contributed by atoms with Crippen molar-refractivity contribution >= 4 is 11.6 Å². The molecule has 0 bridgehead atoms. The number of amides is 1. The topological polar surface area (TPSA) is 95.6 Å². The highest BCUT2D eigenvalue weighted by molar-refractivity contribution is 5.95. The van der Waals surface area contributed by atoms with Crippen LogP contribution < -0.4 is 11.1 Å². The minimum Gasteiger partial charge on any atom is -0.506 e. The molecule has 15 heavy (non-hydrogen) atoms. The van der Waals surface area contributed by atoms with Gasteiger partial charge in [0, 0.05) is 11.6 Å². The van der Waals surface area contributed by atoms with Gasteiger partial charge in [-0.05, 0) is 25.1 Å². The monoisotopic (exact) mass is 210 g/mol. The molecule has 0 fully saturated rings. The second-order valence-corrected chi connectivity index (χ2v) is 3.33. The summed E-state index contributed by atoms with van der Waals surface area (Å²) in [5.74, 6) is -0.480. The summed E-state index contributed by atoms with van der Waals surface area (Å²) in [7, 11) is 0. The molecule has 0 saturated heterocycles. The Labute approximate surface area is 87.5 Å². The highest BCUT2D eigenvalue weighted by atomic mass is 16.3. The van der Waals surface area contributed by atoms with Gasteiger partial charge in [-0.15, -0.1) is 0 Å². The highest BCUT2D eigenvalue weighted by Gasteiger charge is 2.10. The standard InChI is InChI=1S/C10H14N2O3/c1-6(5-13)12-10(15)7-2-3-8(11)9(14)4-7/h2-4,6,13-14H,5,11H2,1H3,(H,12,15)/t6-/m0/s1. The molecular formula is C10H14N2O3. The zero-order chi connectivity index (χ0) is 11.4. The Morgan fingerprint density at radius 1 is 1.60 bits per heavy atom. The molecule has 5 nitrogen and oxygen atoms in total. The number of nitrogens with one attached hydrogen (secondary N) is 1. The van der Waals surface area contributed by atoms with Gasteiger partial charge in [0.1, 0.15) is 5.75 Å². The molecule has 0 aromatic heterocycles. The van der Waals surface area contributed by atoms with Crippen LogP contribution in [0.1, 0.15) is 17.3 Å². The third-order valence-corrected chi connectivity index (χ3v) is 1.94. The predicted octanol–water partition coefficient (Wildman–Crippen LogP) is 0.0850. The van der Waals surface area contributed by atoms with E-state index in [9.17, 15) is 9.90 Å². The van der Waals surface area contributed by atoms with E-state index in [1.54, 1.807) is 6.92 Å². The predicted molar refractivity (Wildman–Crippen MR) is 56.5 cm³/mol. The zero-order valence-corrected chi connectivity index (χ0v) is 8.40. The number of aliphatic hydroxyl groups excluding tert-OH is 1. The quantitative estimate of drug-likeness (QED) is 0.420. The van der Waals surface area contributed by atoms with Crippen molar-refractivity contribution in [1.82, 2.24) is 5.32 Å². The van der Waals surface area contributed by atoms with E-state index in [1.807, 2.05) is 0 Å². The van der Waals surface area contributed by atoms with Crippen LogP contribution in [0.2, 0.25) is 0 Å². The maximum atomic E-state index is 11.5. The van der Waals surface area contributed by atoms with Crippen molar-refractivity contribution in [2.45, 2.75) is 13.0 Å². The lowest BCUT2D eigenvalue weighted by Gasteiger charge is -2.11. The molecule has 0 aliphatic carbocycles. The maximum absolute atomic E-state index is 11.5. The molecule has 5 N–H and O–H groups in total. The Kier molecular flexibility index (Phi) is 3.51. The van der Waals surface area contributed by atoms with Crippen LogP contribution in [0.5, 0.6) is 5.75 Å². The van der Waals surface area contributed by atoms with E-state index in [0.717, 1.165) is 0 Å². The molecule has 5 heteroatoms. The SMILES string of the molecule is C[C@@H](CO)NC(=O)c1ccc(N)c(O)c1. The molecule has 1 aromatic carbocycles. The van der Waals surface area contributed by atoms with Gasteiger partial charge in [-0.3, -0.25) is 4.79 Å². The number of aliphatic hydroxyl groups is 1. The van der Waals surface area contributed by atoms with E-state index in [2.05, 4.69) is 5.32 Å². The molecule has 0 heterocycles. The van der Waals surface area contributed by atoms with Gasteiger partial charge in [-0.25, -0.2) is 0 Å². The van der Waals surface area contributed by atoms with Gasteiger partial charge in [0.2, 0.25) is 0 Å². The van der Waals surface area contributed by atoms with Crippen molar-refractivity contribution in [3.05, 3.63) is 23.8 Å². The maximum Gasteiger partial charge on any atom is 0.251 e. The molecular weight excluding hydrogens is 196 g/mol. The van der Waals surface area contributed by atoms with Gasteiger partial charge in [-0.2, -0.15) is 0 Å². The van der Waals surface area contributed by atoms with Crippen molar-refractivity contribution in [3.63, 3.8) is 0 Å². The fourth-order valence-electron chi connectivity index (χ4n) is 1.04. The summed E-state index contributed by atoms with van der Waals surface area (Å²) in [5, 5.41) is 20.6. The summed E-state index contributed by atoms with van der Waals surface area (Å²) in [4.78, 5) is 11.5. The lowest BCUT2D eigenvalue weighted by Crippen LogP contribution is -2.34. The van der Waals surface area contributed by atoms with E-state index >= 15 is 0 Å². The van der Waals surface area contributed by atoms with Crippen LogP contribution in [0.25, 0.3) is 0 Å². The largest absolute Gasteiger partial charge is 0.506 e. The number of aromatic hydroxyl groups is 1. The number of carbonyl (C=O) groups excluding carboxylic acids is 1. The number of benzene rings is 1. The molecule has 1 amide bonds. The van der Waals surface area contributed by atoms with Crippen LogP contribution in [0.4, 0.5) is 5.69 Å². The van der Waals surface area contributed by atoms with Crippen LogP contribution in [0.15, 0.2) is 18.2 Å². The molecule has 0 saturated carbocycles. The molecule has 1 atom stereocenters. The summed E-state index contributed by atoms with van der Waals surface area (Å²) < 4.78 is 0. The molecule has 0 radical (unpaired) electrons. The lowest BCUT2D eigenvalue weighted by molar-refractivity contribution is 0.0922. The van der Waals surface area contributed by atoms with Crippen LogP contribution in [-0.2, 0) is 0 Å². The van der Waals surface area contributed by atoms with Crippen LogP contribution in [0, 0.1) is 0 Å². The second kappa shape index (κ2) is 4.65. The number of carbonyl (C=O) groups is 1. The first-order valence-corrected chi connectivity index (χ1v) is 4.54. The summed E-state index contributed by atoms with van der Waals surface area (Å²) >= 11 is 0. The average Bonchev–Trinajstić information content (AvgIpc) is 2.21. The summed E-state index contributed by atoms with van der Waals surface area (Å²) in [6.45, 7) is 1.54. The number of nitrogens with two attached hydrogens (primary N) is 1. The number of nitrogen functional groups attached to an aromatic ring is 1. The van der Waals surface area contributed by atoms with Gasteiger partial charge in [0.25, 0.3) is 5.91 Å². The zero-order valence-electron chi connectivity index (χ0n) is 8.40. The minimum atomic E-state index is -0.355. The molecule has 0 aliphatic rings. The van der Waals surface area contributed by atoms with Gasteiger partial charge in [0.05, 0.1) is 12.3 Å². The smallest absolute Gasteiger partial charge is 0.251 e. The Morgan fingerprint density at radius 3 is 2.80 bits per heavy atom. The molecule has 0 unspecified atom stereocenters. The molecule has 0 spiro atoms. The number of anilines is 1. The molecule has 0 aliphatic heterocycles. The Hall–Kier alpha value is -1.75. The summed E-state index contributed by atoms with van der Waals surface area (Å²) in [6, 6.07) is 3.93. The third kappa shape index (κ3) is 2.85. The third-order valence-electron chi connectivity index (χ3n) is 1.94. The van der Waals surface area contributed by atoms with Crippen molar-refractivity contribution in [2.24, 2.45) is 0 Å². The number of rotatable bonds is 3. The Bertz CT molecular complexity index is 366. The second-order valence-electron chi connectivity index (χ2n) is 3.33. The fourth-order valence-corrected chi connectivity index (χ4v) is 1.04. The first-order chi connectivity index (χ1) is 7.04. The Balaban J connectivity index is 2.78. The van der Waals surface area contributed by atoms with Crippen molar-refractivity contribution < 1.29 is 15.0 Å². The van der Waals surface area contributed by atoms with Crippen molar-refractivity contribution in [3.8, 4) is 5.75 Å². The number of hydrogen-bond donors (Lipinski definition) is 4. The number of phenols is 1. The van der Waals surface area contributed by atoms with E-state index in [-0.39, 0.29) is 30.0 Å². The normalized spacial score (nSPS) is 12.1. The fraction of sp³-hybridized carbons (Fsp3) is 0.300. The minimum absolute atomic E-state index is 0.126. The highest BCUT2D eigenvalue weighted by Crippen LogP contribution is 2.20. The number of hydrogen-bond acceptors (Lipinski definition) is 4. The van der Waals surface area contributed by atoms with Crippen molar-refractivity contribution in [2.75, 3.05) is 12.3 Å². The van der Waals surface area contributed by atoms with Gasteiger partial charge in [-0.1, -0.05) is 0 Å². The summed E-state index contributed by atoms with van der Waals surface area (Å²) in [5.41, 5.74) is 5.93. The van der Waals surface area contributed by atoms with Crippen molar-refractivity contribution in [1.29, 1.82) is 0 Å². The van der Waals surface area contributed by atoms with E-state index < -0.39 is 0 Å². The van der Waals surface area contributed by atoms with E-state index in [0.29, 0.717) is 5.56 Å². The lowest BCUT2D eigenvalue weighted by atomic mass is 10.1. The molecule has 82 valence electrons. The molecule has 1 aromatic rings. The first-order valence-electron chi connectivity index (χ1n) is 4.54. The number of phenolic OH excluding ortho intramolecular Hbond substituents is 1. The summed E-state index contributed by atoms with van der Waals surface area (Å²) in [6.07, 6.45) is 0. The van der Waals surface area contributed by atoms with Gasteiger partial charge in [0.15, 0.2) is 0 Å². The molecule has 1 rings (SSSR count). The van der Waals surface area contributed by atoms with Gasteiger partial charge >= 0.3 is 0 Å².